The number of nitrogens with zero attached hydrogens (tertiary/aromatic N) is 2. The third-order valence-electron chi connectivity index (χ3n) is 3.90. The van der Waals surface area contributed by atoms with Crippen molar-refractivity contribution < 1.29 is 24.9 Å². The van der Waals surface area contributed by atoms with Crippen LogP contribution in [0.2, 0.25) is 0 Å². The zero-order valence-corrected chi connectivity index (χ0v) is 13.0. The SMILES string of the molecule is O=C(Nc1ccn(C2O[C@H](CO)[C@@H](O)[C@H]2O)c(=O)n1)c1ccccc1. The second-order valence-electron chi connectivity index (χ2n) is 5.55. The molecular formula is C16H17N3O6. The molecule has 1 aliphatic heterocycles. The van der Waals surface area contributed by atoms with Crippen molar-refractivity contribution in [2.75, 3.05) is 11.9 Å². The Hall–Kier alpha value is -2.59. The number of hydrogen-bond donors (Lipinski definition) is 4. The van der Waals surface area contributed by atoms with E-state index in [0.717, 1.165) is 4.57 Å². The lowest BCUT2D eigenvalue weighted by molar-refractivity contribution is -0.0549. The van der Waals surface area contributed by atoms with Crippen LogP contribution in [0, 0.1) is 0 Å². The second kappa shape index (κ2) is 7.11. The van der Waals surface area contributed by atoms with Crippen LogP contribution in [0.3, 0.4) is 0 Å². The van der Waals surface area contributed by atoms with E-state index >= 15 is 0 Å². The first-order chi connectivity index (χ1) is 12.0. The highest BCUT2D eigenvalue weighted by molar-refractivity contribution is 6.03. The molecule has 9 heteroatoms. The summed E-state index contributed by atoms with van der Waals surface area (Å²) in [6, 6.07) is 9.81. The minimum absolute atomic E-state index is 0.0434. The minimum atomic E-state index is -1.39. The summed E-state index contributed by atoms with van der Waals surface area (Å²) in [4.78, 5) is 27.9. The van der Waals surface area contributed by atoms with E-state index in [1.807, 2.05) is 0 Å². The largest absolute Gasteiger partial charge is 0.394 e. The van der Waals surface area contributed by atoms with Crippen LogP contribution in [0.5, 0.6) is 0 Å². The van der Waals surface area contributed by atoms with Gasteiger partial charge in [0.05, 0.1) is 6.61 Å². The van der Waals surface area contributed by atoms with Gasteiger partial charge in [-0.1, -0.05) is 18.2 Å². The Morgan fingerprint density at radius 1 is 1.20 bits per heavy atom. The van der Waals surface area contributed by atoms with Gasteiger partial charge in [0, 0.05) is 11.8 Å². The van der Waals surface area contributed by atoms with Crippen molar-refractivity contribution in [3.8, 4) is 0 Å². The number of aliphatic hydroxyl groups excluding tert-OH is 3. The molecule has 1 aromatic carbocycles. The Morgan fingerprint density at radius 3 is 2.52 bits per heavy atom. The number of hydrogen-bond acceptors (Lipinski definition) is 7. The van der Waals surface area contributed by atoms with Crippen molar-refractivity contribution in [2.24, 2.45) is 0 Å². The number of aromatic nitrogens is 2. The predicted octanol–water partition coefficient (Wildman–Crippen LogP) is -0.893. The Bertz CT molecular complexity index is 809. The molecule has 1 aromatic heterocycles. The molecule has 1 aliphatic rings. The molecule has 0 bridgehead atoms. The molecule has 9 nitrogen and oxygen atoms in total. The maximum atomic E-state index is 12.2. The molecule has 0 aliphatic carbocycles. The molecule has 0 spiro atoms. The Kier molecular flexibility index (Phi) is 4.91. The van der Waals surface area contributed by atoms with Gasteiger partial charge in [0.25, 0.3) is 5.91 Å². The molecule has 3 rings (SSSR count). The third kappa shape index (κ3) is 3.44. The van der Waals surface area contributed by atoms with Crippen molar-refractivity contribution >= 4 is 11.7 Å². The highest BCUT2D eigenvalue weighted by atomic mass is 16.6. The molecule has 1 amide bonds. The highest BCUT2D eigenvalue weighted by Gasteiger charge is 2.43. The second-order valence-corrected chi connectivity index (χ2v) is 5.55. The van der Waals surface area contributed by atoms with Gasteiger partial charge >= 0.3 is 5.69 Å². The number of nitrogens with one attached hydrogen (secondary N) is 1. The van der Waals surface area contributed by atoms with Gasteiger partial charge in [-0.3, -0.25) is 9.36 Å². The van der Waals surface area contributed by atoms with Gasteiger partial charge in [-0.15, -0.1) is 0 Å². The van der Waals surface area contributed by atoms with E-state index in [0.29, 0.717) is 5.56 Å². The van der Waals surface area contributed by atoms with Crippen LogP contribution in [0.15, 0.2) is 47.4 Å². The van der Waals surface area contributed by atoms with E-state index in [1.54, 1.807) is 30.3 Å². The molecule has 25 heavy (non-hydrogen) atoms. The maximum Gasteiger partial charge on any atom is 0.351 e. The van der Waals surface area contributed by atoms with Gasteiger partial charge in [0.1, 0.15) is 24.1 Å². The van der Waals surface area contributed by atoms with E-state index in [1.165, 1.54) is 12.3 Å². The number of amides is 1. The summed E-state index contributed by atoms with van der Waals surface area (Å²) >= 11 is 0. The number of ether oxygens (including phenoxy) is 1. The maximum absolute atomic E-state index is 12.2. The molecule has 0 saturated carbocycles. The summed E-state index contributed by atoms with van der Waals surface area (Å²) in [6.07, 6.45) is -3.59. The molecule has 1 saturated heterocycles. The Labute approximate surface area is 142 Å². The standard InChI is InChI=1S/C16H17N3O6/c20-8-10-12(21)13(22)15(25-10)19-7-6-11(18-16(19)24)17-14(23)9-4-2-1-3-5-9/h1-7,10,12-13,15,20-22H,8H2,(H,17,18,23,24)/t10-,12-,13-,15?/m1/s1. The summed E-state index contributed by atoms with van der Waals surface area (Å²) in [6.45, 7) is -0.498. The first-order valence-electron chi connectivity index (χ1n) is 7.59. The van der Waals surface area contributed by atoms with E-state index in [4.69, 9.17) is 9.84 Å². The number of rotatable bonds is 4. The van der Waals surface area contributed by atoms with Crippen LogP contribution in [0.1, 0.15) is 16.6 Å². The summed E-state index contributed by atoms with van der Waals surface area (Å²) in [5.41, 5.74) is -0.363. The van der Waals surface area contributed by atoms with Crippen LogP contribution >= 0.6 is 0 Å². The molecule has 2 heterocycles. The fourth-order valence-electron chi connectivity index (χ4n) is 2.56. The van der Waals surface area contributed by atoms with Crippen LogP contribution in [0.25, 0.3) is 0 Å². The van der Waals surface area contributed by atoms with Gasteiger partial charge in [-0.25, -0.2) is 4.79 Å². The number of aliphatic hydroxyl groups is 3. The summed E-state index contributed by atoms with van der Waals surface area (Å²) in [7, 11) is 0. The first kappa shape index (κ1) is 17.2. The third-order valence-corrected chi connectivity index (χ3v) is 3.90. The predicted molar refractivity (Wildman–Crippen MR) is 85.9 cm³/mol. The fraction of sp³-hybridized carbons (Fsp3) is 0.312. The first-order valence-corrected chi connectivity index (χ1v) is 7.59. The highest BCUT2D eigenvalue weighted by Crippen LogP contribution is 2.28. The molecule has 1 fully saturated rings. The van der Waals surface area contributed by atoms with Gasteiger partial charge in [0.15, 0.2) is 6.23 Å². The average Bonchev–Trinajstić information content (AvgIpc) is 2.91. The van der Waals surface area contributed by atoms with Gasteiger partial charge < -0.3 is 25.4 Å². The number of anilines is 1. The van der Waals surface area contributed by atoms with Gasteiger partial charge in [-0.2, -0.15) is 4.98 Å². The van der Waals surface area contributed by atoms with E-state index in [9.17, 15) is 19.8 Å². The summed E-state index contributed by atoms with van der Waals surface area (Å²) in [5.74, 6) is -0.375. The summed E-state index contributed by atoms with van der Waals surface area (Å²) < 4.78 is 6.27. The molecule has 2 aromatic rings. The van der Waals surface area contributed by atoms with E-state index < -0.39 is 42.7 Å². The normalized spacial score (nSPS) is 25.7. The molecule has 132 valence electrons. The van der Waals surface area contributed by atoms with Crippen LogP contribution in [-0.4, -0.2) is 55.7 Å². The lowest BCUT2D eigenvalue weighted by Crippen LogP contribution is -2.36. The average molecular weight is 347 g/mol. The van der Waals surface area contributed by atoms with Gasteiger partial charge in [0.2, 0.25) is 0 Å². The van der Waals surface area contributed by atoms with Crippen LogP contribution < -0.4 is 11.0 Å². The van der Waals surface area contributed by atoms with E-state index in [2.05, 4.69) is 10.3 Å². The van der Waals surface area contributed by atoms with Crippen molar-refractivity contribution in [1.29, 1.82) is 0 Å². The molecule has 0 radical (unpaired) electrons. The zero-order valence-electron chi connectivity index (χ0n) is 13.0. The molecule has 4 atom stereocenters. The quantitative estimate of drug-likeness (QED) is 0.563. The number of benzene rings is 1. The van der Waals surface area contributed by atoms with Crippen LogP contribution in [0.4, 0.5) is 5.82 Å². The van der Waals surface area contributed by atoms with Crippen molar-refractivity contribution in [2.45, 2.75) is 24.5 Å². The molecule has 1 unspecified atom stereocenters. The topological polar surface area (TPSA) is 134 Å². The number of carbonyl (C=O) groups is 1. The van der Waals surface area contributed by atoms with Crippen molar-refractivity contribution in [3.63, 3.8) is 0 Å². The molecule has 4 N–H and O–H groups in total. The number of carbonyl (C=O) groups excluding carboxylic acids is 1. The van der Waals surface area contributed by atoms with Crippen molar-refractivity contribution in [3.05, 3.63) is 58.6 Å². The van der Waals surface area contributed by atoms with Gasteiger partial charge in [-0.05, 0) is 18.2 Å². The zero-order chi connectivity index (χ0) is 18.0. The minimum Gasteiger partial charge on any atom is -0.394 e. The fourth-order valence-corrected chi connectivity index (χ4v) is 2.56. The van der Waals surface area contributed by atoms with Crippen molar-refractivity contribution in [1.82, 2.24) is 9.55 Å². The van der Waals surface area contributed by atoms with E-state index in [-0.39, 0.29) is 5.82 Å². The lowest BCUT2D eigenvalue weighted by atomic mass is 10.1. The molecular weight excluding hydrogens is 330 g/mol. The lowest BCUT2D eigenvalue weighted by Gasteiger charge is -2.17. The van der Waals surface area contributed by atoms with Crippen LogP contribution in [-0.2, 0) is 4.74 Å². The monoisotopic (exact) mass is 347 g/mol. The summed E-state index contributed by atoms with van der Waals surface area (Å²) in [5, 5.41) is 31.3. The Balaban J connectivity index is 1.78. The smallest absolute Gasteiger partial charge is 0.351 e. The Morgan fingerprint density at radius 2 is 1.92 bits per heavy atom.